The molecule has 1 aromatic carbocycles. The molecule has 0 fully saturated rings. The van der Waals surface area contributed by atoms with E-state index in [1.807, 2.05) is 0 Å². The SMILES string of the molecule is C=CCCC(=O)N[C@H](C(=O)OCC#N)c1ccccc1. The van der Waals surface area contributed by atoms with Gasteiger partial charge in [-0.25, -0.2) is 4.79 Å². The largest absolute Gasteiger partial charge is 0.448 e. The highest BCUT2D eigenvalue weighted by atomic mass is 16.5. The Bertz CT molecular complexity index is 506. The summed E-state index contributed by atoms with van der Waals surface area (Å²) in [6.45, 7) is 3.20. The van der Waals surface area contributed by atoms with Crippen molar-refractivity contribution in [2.75, 3.05) is 6.61 Å². The van der Waals surface area contributed by atoms with Gasteiger partial charge in [0.05, 0.1) is 0 Å². The first kappa shape index (κ1) is 15.4. The highest BCUT2D eigenvalue weighted by Gasteiger charge is 2.23. The molecule has 0 spiro atoms. The van der Waals surface area contributed by atoms with Crippen molar-refractivity contribution in [1.29, 1.82) is 5.26 Å². The average Bonchev–Trinajstić information content (AvgIpc) is 2.49. The molecule has 0 aliphatic heterocycles. The van der Waals surface area contributed by atoms with Gasteiger partial charge in [-0.3, -0.25) is 4.79 Å². The summed E-state index contributed by atoms with van der Waals surface area (Å²) in [7, 11) is 0. The van der Waals surface area contributed by atoms with Crippen molar-refractivity contribution in [2.24, 2.45) is 0 Å². The summed E-state index contributed by atoms with van der Waals surface area (Å²) in [4.78, 5) is 23.6. The zero-order chi connectivity index (χ0) is 14.8. The average molecular weight is 272 g/mol. The smallest absolute Gasteiger partial charge is 0.334 e. The zero-order valence-electron chi connectivity index (χ0n) is 11.0. The predicted octanol–water partition coefficient (Wildman–Crippen LogP) is 1.88. The minimum Gasteiger partial charge on any atom is -0.448 e. The fraction of sp³-hybridized carbons (Fsp3) is 0.267. The lowest BCUT2D eigenvalue weighted by Gasteiger charge is -2.17. The minimum absolute atomic E-state index is 0.248. The van der Waals surface area contributed by atoms with Crippen molar-refractivity contribution in [3.8, 4) is 6.07 Å². The van der Waals surface area contributed by atoms with Gasteiger partial charge in [-0.15, -0.1) is 6.58 Å². The molecule has 0 aliphatic rings. The monoisotopic (exact) mass is 272 g/mol. The van der Waals surface area contributed by atoms with Crippen LogP contribution in [0.15, 0.2) is 43.0 Å². The molecule has 1 amide bonds. The number of carbonyl (C=O) groups is 2. The van der Waals surface area contributed by atoms with Gasteiger partial charge in [0.25, 0.3) is 0 Å². The van der Waals surface area contributed by atoms with Gasteiger partial charge in [-0.1, -0.05) is 36.4 Å². The second-order valence-corrected chi connectivity index (χ2v) is 4.00. The molecule has 0 bridgehead atoms. The molecule has 0 aliphatic carbocycles. The van der Waals surface area contributed by atoms with Crippen molar-refractivity contribution < 1.29 is 14.3 Å². The van der Waals surface area contributed by atoms with E-state index in [1.54, 1.807) is 42.5 Å². The number of esters is 1. The Morgan fingerprint density at radius 1 is 1.40 bits per heavy atom. The Morgan fingerprint density at radius 3 is 2.70 bits per heavy atom. The lowest BCUT2D eigenvalue weighted by atomic mass is 10.1. The number of allylic oxidation sites excluding steroid dienone is 1. The van der Waals surface area contributed by atoms with Crippen molar-refractivity contribution in [1.82, 2.24) is 5.32 Å². The lowest BCUT2D eigenvalue weighted by Crippen LogP contribution is -2.34. The number of hydrogen-bond donors (Lipinski definition) is 1. The summed E-state index contributed by atoms with van der Waals surface area (Å²) in [6.07, 6.45) is 2.41. The molecule has 0 saturated heterocycles. The van der Waals surface area contributed by atoms with Crippen LogP contribution in [0.25, 0.3) is 0 Å². The molecular formula is C15H16N2O3. The molecule has 0 heterocycles. The Morgan fingerprint density at radius 2 is 2.10 bits per heavy atom. The maximum absolute atomic E-state index is 11.9. The van der Waals surface area contributed by atoms with Gasteiger partial charge in [0.2, 0.25) is 5.91 Å². The number of nitriles is 1. The van der Waals surface area contributed by atoms with E-state index in [1.165, 1.54) is 0 Å². The fourth-order valence-corrected chi connectivity index (χ4v) is 1.58. The maximum atomic E-state index is 11.9. The Balaban J connectivity index is 2.80. The van der Waals surface area contributed by atoms with Gasteiger partial charge in [0, 0.05) is 6.42 Å². The first-order valence-corrected chi connectivity index (χ1v) is 6.17. The first-order chi connectivity index (χ1) is 9.69. The molecule has 104 valence electrons. The molecule has 1 aromatic rings. The van der Waals surface area contributed by atoms with Crippen LogP contribution in [0.4, 0.5) is 0 Å². The van der Waals surface area contributed by atoms with Crippen molar-refractivity contribution in [3.05, 3.63) is 48.6 Å². The number of benzene rings is 1. The summed E-state index contributed by atoms with van der Waals surface area (Å²) in [5, 5.41) is 11.0. The van der Waals surface area contributed by atoms with Crippen LogP contribution in [0.3, 0.4) is 0 Å². The standard InChI is InChI=1S/C15H16N2O3/c1-2-3-9-13(18)17-14(15(19)20-11-10-16)12-7-5-4-6-8-12/h2,4-8,14H,1,3,9,11H2,(H,17,18)/t14-/m0/s1. The van der Waals surface area contributed by atoms with Crippen LogP contribution in [0.2, 0.25) is 0 Å². The third kappa shape index (κ3) is 4.94. The lowest BCUT2D eigenvalue weighted by molar-refractivity contribution is -0.146. The number of ether oxygens (including phenoxy) is 1. The normalized spacial score (nSPS) is 10.9. The number of rotatable bonds is 7. The van der Waals surface area contributed by atoms with E-state index in [4.69, 9.17) is 10.00 Å². The molecule has 0 saturated carbocycles. The molecule has 0 radical (unpaired) electrons. The van der Waals surface area contributed by atoms with Crippen LogP contribution in [0.5, 0.6) is 0 Å². The maximum Gasteiger partial charge on any atom is 0.334 e. The van der Waals surface area contributed by atoms with Crippen molar-refractivity contribution in [3.63, 3.8) is 0 Å². The number of carbonyl (C=O) groups excluding carboxylic acids is 2. The summed E-state index contributed by atoms with van der Waals surface area (Å²) in [6, 6.07) is 9.58. The van der Waals surface area contributed by atoms with E-state index in [0.29, 0.717) is 12.0 Å². The van der Waals surface area contributed by atoms with Gasteiger partial charge >= 0.3 is 5.97 Å². The first-order valence-electron chi connectivity index (χ1n) is 6.17. The van der Waals surface area contributed by atoms with Gasteiger partial charge in [0.1, 0.15) is 6.07 Å². The summed E-state index contributed by atoms with van der Waals surface area (Å²) < 4.78 is 4.78. The van der Waals surface area contributed by atoms with E-state index >= 15 is 0 Å². The molecular weight excluding hydrogens is 256 g/mol. The molecule has 20 heavy (non-hydrogen) atoms. The quantitative estimate of drug-likeness (QED) is 0.607. The number of hydrogen-bond acceptors (Lipinski definition) is 4. The highest BCUT2D eigenvalue weighted by molar-refractivity contribution is 5.85. The molecule has 5 nitrogen and oxygen atoms in total. The van der Waals surface area contributed by atoms with Gasteiger partial charge in [-0.2, -0.15) is 5.26 Å². The van der Waals surface area contributed by atoms with Crippen LogP contribution in [-0.4, -0.2) is 18.5 Å². The third-order valence-electron chi connectivity index (χ3n) is 2.53. The molecule has 1 atom stereocenters. The Kier molecular flexibility index (Phi) is 6.55. The van der Waals surface area contributed by atoms with Crippen molar-refractivity contribution >= 4 is 11.9 Å². The molecule has 0 aromatic heterocycles. The predicted molar refractivity (Wildman–Crippen MR) is 73.3 cm³/mol. The van der Waals surface area contributed by atoms with Crippen LogP contribution in [0.1, 0.15) is 24.4 Å². The van der Waals surface area contributed by atoms with E-state index < -0.39 is 12.0 Å². The molecule has 1 rings (SSSR count). The van der Waals surface area contributed by atoms with Crippen LogP contribution >= 0.6 is 0 Å². The number of amides is 1. The highest BCUT2D eigenvalue weighted by Crippen LogP contribution is 2.14. The second-order valence-electron chi connectivity index (χ2n) is 4.00. The third-order valence-corrected chi connectivity index (χ3v) is 2.53. The van der Waals surface area contributed by atoms with Crippen LogP contribution in [0, 0.1) is 11.3 Å². The summed E-state index contributed by atoms with van der Waals surface area (Å²) in [5.41, 5.74) is 0.613. The Hall–Kier alpha value is -2.61. The molecule has 0 unspecified atom stereocenters. The van der Waals surface area contributed by atoms with E-state index in [9.17, 15) is 9.59 Å². The topological polar surface area (TPSA) is 79.2 Å². The van der Waals surface area contributed by atoms with Gasteiger partial charge < -0.3 is 10.1 Å². The van der Waals surface area contributed by atoms with E-state index in [2.05, 4.69) is 11.9 Å². The summed E-state index contributed by atoms with van der Waals surface area (Å²) in [5.74, 6) is -0.919. The second kappa shape index (κ2) is 8.48. The van der Waals surface area contributed by atoms with Crippen LogP contribution < -0.4 is 5.32 Å². The fourth-order valence-electron chi connectivity index (χ4n) is 1.58. The zero-order valence-corrected chi connectivity index (χ0v) is 11.0. The number of nitrogens with one attached hydrogen (secondary N) is 1. The number of nitrogens with zero attached hydrogens (tertiary/aromatic N) is 1. The van der Waals surface area contributed by atoms with Gasteiger partial charge in [0.15, 0.2) is 12.6 Å². The van der Waals surface area contributed by atoms with Crippen molar-refractivity contribution in [2.45, 2.75) is 18.9 Å². The minimum atomic E-state index is -0.901. The van der Waals surface area contributed by atoms with E-state index in [0.717, 1.165) is 0 Å². The van der Waals surface area contributed by atoms with Gasteiger partial charge in [-0.05, 0) is 12.0 Å². The van der Waals surface area contributed by atoms with E-state index in [-0.39, 0.29) is 18.9 Å². The van der Waals surface area contributed by atoms with Crippen LogP contribution in [-0.2, 0) is 14.3 Å². The summed E-state index contributed by atoms with van der Waals surface area (Å²) >= 11 is 0. The Labute approximate surface area is 117 Å². The molecule has 1 N–H and O–H groups in total. The molecule has 5 heteroatoms.